The summed E-state index contributed by atoms with van der Waals surface area (Å²) in [5.41, 5.74) is 0. The molecular formula is C2HBr2NaO4. The van der Waals surface area contributed by atoms with E-state index < -0.39 is 11.9 Å². The van der Waals surface area contributed by atoms with Gasteiger partial charge < -0.3 is 9.08 Å². The molecule has 0 N–H and O–H groups in total. The zero-order valence-corrected chi connectivity index (χ0v) is 9.56. The van der Waals surface area contributed by atoms with Crippen LogP contribution in [0.2, 0.25) is 0 Å². The monoisotopic (exact) mass is 270 g/mol. The number of carbonyl (C=O) groups excluding carboxylic acids is 2. The van der Waals surface area contributed by atoms with E-state index in [2.05, 4.69) is 40.2 Å². The van der Waals surface area contributed by atoms with E-state index in [1.807, 2.05) is 0 Å². The largest absolute Gasteiger partial charge is 1.00 e. The van der Waals surface area contributed by atoms with Gasteiger partial charge in [-0.3, -0.25) is 0 Å². The number of hydrogen-bond acceptors (Lipinski definition) is 4. The normalized spacial score (nSPS) is 6.89. The van der Waals surface area contributed by atoms with Crippen molar-refractivity contribution in [2.45, 2.75) is 0 Å². The summed E-state index contributed by atoms with van der Waals surface area (Å²) in [7, 11) is 0. The molecule has 0 bridgehead atoms. The summed E-state index contributed by atoms with van der Waals surface area (Å²) in [4.78, 5) is 19.9. The second-order valence-corrected chi connectivity index (χ2v) is 1.38. The number of carbonyl (C=O) groups is 2. The van der Waals surface area contributed by atoms with Crippen LogP contribution in [0.25, 0.3) is 0 Å². The summed E-state index contributed by atoms with van der Waals surface area (Å²) in [5.74, 6) is -2.22. The quantitative estimate of drug-likeness (QED) is 0.371. The van der Waals surface area contributed by atoms with Gasteiger partial charge in [0.25, 0.3) is 0 Å². The van der Waals surface area contributed by atoms with E-state index in [4.69, 9.17) is 0 Å². The van der Waals surface area contributed by atoms with Gasteiger partial charge in [-0.05, 0) is 0 Å². The van der Waals surface area contributed by atoms with Crippen molar-refractivity contribution in [1.82, 2.24) is 0 Å². The van der Waals surface area contributed by atoms with E-state index in [0.717, 1.165) is 0 Å². The van der Waals surface area contributed by atoms with Gasteiger partial charge in [0.05, 0.1) is 0 Å². The summed E-state index contributed by atoms with van der Waals surface area (Å²) in [5, 5.41) is 0. The minimum atomic E-state index is -1.11. The summed E-state index contributed by atoms with van der Waals surface area (Å²) in [6.07, 6.45) is 0. The van der Waals surface area contributed by atoms with Gasteiger partial charge in [-0.15, -0.1) is 0 Å². The first-order valence-electron chi connectivity index (χ1n) is 1.38. The zero-order valence-electron chi connectivity index (χ0n) is 5.39. The molecule has 0 spiro atoms. The molecule has 0 rings (SSSR count). The molecule has 0 fully saturated rings. The molecule has 0 aromatic carbocycles. The molecular weight excluding hydrogens is 271 g/mol. The van der Waals surface area contributed by atoms with Crippen molar-refractivity contribution in [3.8, 4) is 0 Å². The molecule has 9 heavy (non-hydrogen) atoms. The van der Waals surface area contributed by atoms with E-state index >= 15 is 0 Å². The number of rotatable bonds is 0. The standard InChI is InChI=1S/C2Br2O4.Na.H/c3-7-1(5)2(6)8-4;;/q;+1;-1. The summed E-state index contributed by atoms with van der Waals surface area (Å²) in [6, 6.07) is 0. The molecule has 4 nitrogen and oxygen atoms in total. The molecule has 0 aliphatic rings. The minimum Gasteiger partial charge on any atom is -1.00 e. The van der Waals surface area contributed by atoms with Gasteiger partial charge in [-0.1, -0.05) is 0 Å². The van der Waals surface area contributed by atoms with Gasteiger partial charge in [-0.2, -0.15) is 0 Å². The maximum Gasteiger partial charge on any atom is 1.00 e. The topological polar surface area (TPSA) is 52.6 Å². The SMILES string of the molecule is O=C(OBr)C(=O)OBr.[H-].[Na+]. The van der Waals surface area contributed by atoms with Crippen LogP contribution in [-0.2, 0) is 17.2 Å². The van der Waals surface area contributed by atoms with Crippen LogP contribution in [0.3, 0.4) is 0 Å². The fourth-order valence-corrected chi connectivity index (χ4v) is 0.327. The maximum atomic E-state index is 9.97. The van der Waals surface area contributed by atoms with E-state index in [0.29, 0.717) is 0 Å². The van der Waals surface area contributed by atoms with E-state index in [-0.39, 0.29) is 31.0 Å². The second-order valence-electron chi connectivity index (χ2n) is 0.729. The third-order valence-electron chi connectivity index (χ3n) is 0.307. The van der Waals surface area contributed by atoms with Crippen molar-refractivity contribution in [1.29, 1.82) is 0 Å². The van der Waals surface area contributed by atoms with Gasteiger partial charge in [-0.25, -0.2) is 9.59 Å². The third-order valence-corrected chi connectivity index (χ3v) is 0.895. The van der Waals surface area contributed by atoms with Crippen molar-refractivity contribution in [2.24, 2.45) is 0 Å². The Morgan fingerprint density at radius 1 is 1.11 bits per heavy atom. The molecule has 0 aromatic rings. The van der Waals surface area contributed by atoms with Crippen LogP contribution in [0.1, 0.15) is 1.43 Å². The van der Waals surface area contributed by atoms with Crippen LogP contribution in [0.4, 0.5) is 0 Å². The Morgan fingerprint density at radius 3 is 1.44 bits per heavy atom. The predicted molar refractivity (Wildman–Crippen MR) is 31.1 cm³/mol. The fraction of sp³-hybridized carbons (Fsp3) is 0. The van der Waals surface area contributed by atoms with Crippen molar-refractivity contribution >= 4 is 44.5 Å². The molecule has 0 saturated heterocycles. The Balaban J connectivity index is -0.000000245. The van der Waals surface area contributed by atoms with Crippen LogP contribution in [0, 0.1) is 0 Å². The van der Waals surface area contributed by atoms with Gasteiger partial charge in [0.15, 0.2) is 32.5 Å². The molecule has 0 saturated carbocycles. The van der Waals surface area contributed by atoms with Gasteiger partial charge in [0.1, 0.15) is 0 Å². The Morgan fingerprint density at radius 2 is 1.33 bits per heavy atom. The van der Waals surface area contributed by atoms with Gasteiger partial charge in [0.2, 0.25) is 0 Å². The number of hydrogen-bond donors (Lipinski definition) is 0. The van der Waals surface area contributed by atoms with Crippen molar-refractivity contribution in [2.75, 3.05) is 0 Å². The van der Waals surface area contributed by atoms with Gasteiger partial charge in [0, 0.05) is 0 Å². The van der Waals surface area contributed by atoms with Crippen LogP contribution in [0.15, 0.2) is 0 Å². The van der Waals surface area contributed by atoms with Crippen LogP contribution >= 0.6 is 32.5 Å². The van der Waals surface area contributed by atoms with Crippen LogP contribution < -0.4 is 29.6 Å². The van der Waals surface area contributed by atoms with E-state index in [1.165, 1.54) is 0 Å². The molecule has 0 heterocycles. The Kier molecular flexibility index (Phi) is 9.79. The first-order valence-corrected chi connectivity index (χ1v) is 2.67. The molecule has 0 aliphatic heterocycles. The Bertz CT molecular complexity index is 106. The average molecular weight is 272 g/mol. The molecule has 0 radical (unpaired) electrons. The van der Waals surface area contributed by atoms with E-state index in [9.17, 15) is 9.59 Å². The molecule has 0 atom stereocenters. The van der Waals surface area contributed by atoms with Crippen LogP contribution in [-0.4, -0.2) is 11.9 Å². The summed E-state index contributed by atoms with van der Waals surface area (Å²) < 4.78 is 7.54. The van der Waals surface area contributed by atoms with Crippen LogP contribution in [0.5, 0.6) is 0 Å². The number of halogens is 2. The van der Waals surface area contributed by atoms with Crippen molar-refractivity contribution in [3.05, 3.63) is 0 Å². The van der Waals surface area contributed by atoms with Gasteiger partial charge >= 0.3 is 41.5 Å². The molecule has 0 aromatic heterocycles. The Labute approximate surface area is 91.9 Å². The Hall–Kier alpha value is 0.900. The molecule has 7 heteroatoms. The molecule has 0 amide bonds. The summed E-state index contributed by atoms with van der Waals surface area (Å²) in [6.45, 7) is 0. The smallest absolute Gasteiger partial charge is 1.00 e. The zero-order chi connectivity index (χ0) is 6.57. The minimum absolute atomic E-state index is 0. The predicted octanol–water partition coefficient (Wildman–Crippen LogP) is -2.19. The summed E-state index contributed by atoms with van der Waals surface area (Å²) >= 11 is 4.57. The first kappa shape index (κ1) is 12.6. The van der Waals surface area contributed by atoms with Crippen molar-refractivity contribution < 1.29 is 48.2 Å². The first-order chi connectivity index (χ1) is 3.72. The van der Waals surface area contributed by atoms with Crippen molar-refractivity contribution in [3.63, 3.8) is 0 Å². The molecule has 0 aliphatic carbocycles. The fourth-order valence-electron chi connectivity index (χ4n) is 0.0630. The average Bonchev–Trinajstić information content (AvgIpc) is 1.84. The van der Waals surface area contributed by atoms with E-state index in [1.54, 1.807) is 0 Å². The second kappa shape index (κ2) is 7.01. The maximum absolute atomic E-state index is 9.97. The molecule has 0 unspecified atom stereocenters. The third kappa shape index (κ3) is 5.35. The molecule has 48 valence electrons.